The van der Waals surface area contributed by atoms with Crippen LogP contribution in [-0.2, 0) is 0 Å². The van der Waals surface area contributed by atoms with E-state index in [1.165, 1.54) is 12.0 Å². The molecule has 5 nitrogen and oxygen atoms in total. The summed E-state index contributed by atoms with van der Waals surface area (Å²) < 4.78 is 5.15. The Kier molecular flexibility index (Phi) is 4.19. The van der Waals surface area contributed by atoms with Crippen molar-refractivity contribution in [1.29, 1.82) is 0 Å². The number of carbonyl (C=O) groups excluding carboxylic acids is 1. The van der Waals surface area contributed by atoms with Crippen LogP contribution in [0.2, 0.25) is 0 Å². The van der Waals surface area contributed by atoms with Gasteiger partial charge in [-0.3, -0.25) is 4.79 Å². The lowest BCUT2D eigenvalue weighted by Crippen LogP contribution is -2.47. The maximum atomic E-state index is 12.4. The predicted octanol–water partition coefficient (Wildman–Crippen LogP) is 1.12. The first-order valence-electron chi connectivity index (χ1n) is 5.66. The number of nitrogen functional groups attached to an aromatic ring is 1. The van der Waals surface area contributed by atoms with Crippen molar-refractivity contribution in [2.24, 2.45) is 0 Å². The molecule has 0 saturated heterocycles. The Labute approximate surface area is 107 Å². The third kappa shape index (κ3) is 2.56. The summed E-state index contributed by atoms with van der Waals surface area (Å²) in [6.07, 6.45) is 0. The van der Waals surface area contributed by atoms with E-state index in [1.54, 1.807) is 39.1 Å². The van der Waals surface area contributed by atoms with E-state index in [2.05, 4.69) is 0 Å². The summed E-state index contributed by atoms with van der Waals surface area (Å²) in [6.45, 7) is 3.41. The second-order valence-electron chi connectivity index (χ2n) is 4.76. The molecule has 0 unspecified atom stereocenters. The summed E-state index contributed by atoms with van der Waals surface area (Å²) in [7, 11) is 3.12. The molecule has 0 aliphatic heterocycles. The number of anilines is 1. The minimum Gasteiger partial charge on any atom is -0.496 e. The molecule has 0 radical (unpaired) electrons. The van der Waals surface area contributed by atoms with Gasteiger partial charge in [0.25, 0.3) is 5.91 Å². The largest absolute Gasteiger partial charge is 0.496 e. The first-order valence-corrected chi connectivity index (χ1v) is 5.66. The maximum absolute atomic E-state index is 12.4. The summed E-state index contributed by atoms with van der Waals surface area (Å²) in [6, 6.07) is 5.06. The fraction of sp³-hybridized carbons (Fsp3) is 0.462. The van der Waals surface area contributed by atoms with E-state index in [1.807, 2.05) is 0 Å². The van der Waals surface area contributed by atoms with Gasteiger partial charge in [0.05, 0.1) is 19.3 Å². The average Bonchev–Trinajstić information content (AvgIpc) is 2.36. The Balaban J connectivity index is 3.19. The van der Waals surface area contributed by atoms with E-state index in [0.717, 1.165) is 0 Å². The van der Waals surface area contributed by atoms with Gasteiger partial charge in [0.1, 0.15) is 11.3 Å². The zero-order valence-corrected chi connectivity index (χ0v) is 11.2. The van der Waals surface area contributed by atoms with Gasteiger partial charge < -0.3 is 20.5 Å². The molecule has 100 valence electrons. The fourth-order valence-electron chi connectivity index (χ4n) is 1.50. The normalized spacial score (nSPS) is 11.2. The molecule has 0 aliphatic rings. The van der Waals surface area contributed by atoms with Gasteiger partial charge in [0, 0.05) is 12.7 Å². The van der Waals surface area contributed by atoms with E-state index in [0.29, 0.717) is 17.0 Å². The van der Waals surface area contributed by atoms with Gasteiger partial charge in [-0.25, -0.2) is 0 Å². The Morgan fingerprint density at radius 1 is 1.50 bits per heavy atom. The van der Waals surface area contributed by atoms with Crippen LogP contribution in [-0.4, -0.2) is 42.2 Å². The van der Waals surface area contributed by atoms with Crippen molar-refractivity contribution in [2.45, 2.75) is 19.4 Å². The number of carbonyl (C=O) groups is 1. The van der Waals surface area contributed by atoms with E-state index in [-0.39, 0.29) is 12.5 Å². The smallest absolute Gasteiger partial charge is 0.259 e. The number of nitrogens with zero attached hydrogens (tertiary/aromatic N) is 1. The number of aliphatic hydroxyl groups is 1. The fourth-order valence-corrected chi connectivity index (χ4v) is 1.50. The predicted molar refractivity (Wildman–Crippen MR) is 70.7 cm³/mol. The van der Waals surface area contributed by atoms with Gasteiger partial charge >= 0.3 is 0 Å². The van der Waals surface area contributed by atoms with Crippen LogP contribution in [0.1, 0.15) is 24.2 Å². The van der Waals surface area contributed by atoms with Crippen LogP contribution < -0.4 is 10.5 Å². The number of hydrogen-bond donors (Lipinski definition) is 2. The summed E-state index contributed by atoms with van der Waals surface area (Å²) in [5, 5.41) is 9.30. The van der Waals surface area contributed by atoms with E-state index >= 15 is 0 Å². The Morgan fingerprint density at radius 2 is 2.11 bits per heavy atom. The second kappa shape index (κ2) is 5.27. The second-order valence-corrected chi connectivity index (χ2v) is 4.76. The molecule has 0 bridgehead atoms. The Bertz CT molecular complexity index is 444. The number of ether oxygens (including phenoxy) is 1. The minimum atomic E-state index is -0.662. The standard InChI is InChI=1S/C13H20N2O3/c1-13(2,8-16)15(3)12(17)11-9(14)6-5-7-10(11)18-4/h5-7,16H,8,14H2,1-4H3. The molecule has 0 atom stereocenters. The third-order valence-corrected chi connectivity index (χ3v) is 3.09. The number of rotatable bonds is 4. The van der Waals surface area contributed by atoms with Crippen LogP contribution >= 0.6 is 0 Å². The highest BCUT2D eigenvalue weighted by molar-refractivity contribution is 6.02. The minimum absolute atomic E-state index is 0.135. The molecule has 1 aromatic carbocycles. The van der Waals surface area contributed by atoms with Gasteiger partial charge in [-0.2, -0.15) is 0 Å². The summed E-state index contributed by atoms with van der Waals surface area (Å²) in [5.41, 5.74) is 5.85. The highest BCUT2D eigenvalue weighted by Crippen LogP contribution is 2.27. The molecule has 0 spiro atoms. The quantitative estimate of drug-likeness (QED) is 0.787. The average molecular weight is 252 g/mol. The van der Waals surface area contributed by atoms with Crippen LogP contribution in [0.15, 0.2) is 18.2 Å². The molecule has 0 fully saturated rings. The molecule has 0 saturated carbocycles. The van der Waals surface area contributed by atoms with Crippen LogP contribution in [0, 0.1) is 0 Å². The number of likely N-dealkylation sites (N-methyl/N-ethyl adjacent to an activating group) is 1. The van der Waals surface area contributed by atoms with Crippen molar-refractivity contribution in [1.82, 2.24) is 4.90 Å². The first kappa shape index (κ1) is 14.3. The molecule has 0 aromatic heterocycles. The Morgan fingerprint density at radius 3 is 2.61 bits per heavy atom. The molecule has 1 aromatic rings. The lowest BCUT2D eigenvalue weighted by molar-refractivity contribution is 0.0471. The monoisotopic (exact) mass is 252 g/mol. The zero-order chi connectivity index (χ0) is 13.9. The van der Waals surface area contributed by atoms with Crippen molar-refractivity contribution >= 4 is 11.6 Å². The SMILES string of the molecule is COc1cccc(N)c1C(=O)N(C)C(C)(C)CO. The number of hydrogen-bond acceptors (Lipinski definition) is 4. The van der Waals surface area contributed by atoms with Crippen molar-refractivity contribution in [2.75, 3.05) is 26.5 Å². The molecule has 0 aliphatic carbocycles. The van der Waals surface area contributed by atoms with Gasteiger partial charge in [-0.05, 0) is 26.0 Å². The molecular weight excluding hydrogens is 232 g/mol. The van der Waals surface area contributed by atoms with E-state index < -0.39 is 5.54 Å². The van der Waals surface area contributed by atoms with Gasteiger partial charge in [0.15, 0.2) is 0 Å². The summed E-state index contributed by atoms with van der Waals surface area (Å²) >= 11 is 0. The van der Waals surface area contributed by atoms with Crippen molar-refractivity contribution in [3.8, 4) is 5.75 Å². The van der Waals surface area contributed by atoms with Crippen LogP contribution in [0.25, 0.3) is 0 Å². The van der Waals surface area contributed by atoms with Crippen LogP contribution in [0.3, 0.4) is 0 Å². The number of nitrogens with two attached hydrogens (primary N) is 1. The first-order chi connectivity index (χ1) is 8.35. The highest BCUT2D eigenvalue weighted by atomic mass is 16.5. The van der Waals surface area contributed by atoms with Crippen molar-refractivity contribution in [3.05, 3.63) is 23.8 Å². The molecule has 1 amide bonds. The molecule has 1 rings (SSSR count). The molecule has 18 heavy (non-hydrogen) atoms. The van der Waals surface area contributed by atoms with Crippen molar-refractivity contribution in [3.63, 3.8) is 0 Å². The maximum Gasteiger partial charge on any atom is 0.259 e. The summed E-state index contributed by atoms with van der Waals surface area (Å²) in [4.78, 5) is 13.9. The van der Waals surface area contributed by atoms with Crippen LogP contribution in [0.5, 0.6) is 5.75 Å². The number of aliphatic hydroxyl groups excluding tert-OH is 1. The molecular formula is C13H20N2O3. The highest BCUT2D eigenvalue weighted by Gasteiger charge is 2.30. The lowest BCUT2D eigenvalue weighted by Gasteiger charge is -2.34. The zero-order valence-electron chi connectivity index (χ0n) is 11.2. The van der Waals surface area contributed by atoms with Crippen molar-refractivity contribution < 1.29 is 14.6 Å². The van der Waals surface area contributed by atoms with Crippen LogP contribution in [0.4, 0.5) is 5.69 Å². The van der Waals surface area contributed by atoms with Gasteiger partial charge in [-0.1, -0.05) is 6.07 Å². The molecule has 0 heterocycles. The molecule has 3 N–H and O–H groups in total. The molecule has 5 heteroatoms. The summed E-state index contributed by atoms with van der Waals surface area (Å²) in [5.74, 6) is 0.157. The van der Waals surface area contributed by atoms with E-state index in [9.17, 15) is 9.90 Å². The number of amides is 1. The van der Waals surface area contributed by atoms with Gasteiger partial charge in [-0.15, -0.1) is 0 Å². The van der Waals surface area contributed by atoms with E-state index in [4.69, 9.17) is 10.5 Å². The number of methoxy groups -OCH3 is 1. The van der Waals surface area contributed by atoms with Gasteiger partial charge in [0.2, 0.25) is 0 Å². The third-order valence-electron chi connectivity index (χ3n) is 3.09. The Hall–Kier alpha value is -1.75. The lowest BCUT2D eigenvalue weighted by atomic mass is 10.0. The topological polar surface area (TPSA) is 75.8 Å². The number of benzene rings is 1.